The van der Waals surface area contributed by atoms with Gasteiger partial charge in [-0.3, -0.25) is 0 Å². The Morgan fingerprint density at radius 1 is 1.38 bits per heavy atom. The zero-order chi connectivity index (χ0) is 14.4. The van der Waals surface area contributed by atoms with Crippen molar-refractivity contribution in [1.29, 1.82) is 0 Å². The van der Waals surface area contributed by atoms with Gasteiger partial charge in [-0.2, -0.15) is 0 Å². The molecule has 126 valence electrons. The minimum absolute atomic E-state index is 0. The molecule has 1 heterocycles. The van der Waals surface area contributed by atoms with E-state index in [2.05, 4.69) is 36.4 Å². The normalized spacial score (nSPS) is 31.1. The van der Waals surface area contributed by atoms with Gasteiger partial charge in [-0.1, -0.05) is 13.3 Å². The summed E-state index contributed by atoms with van der Waals surface area (Å²) < 4.78 is 5.63. The van der Waals surface area contributed by atoms with Gasteiger partial charge in [0.05, 0.1) is 13.2 Å². The number of likely N-dealkylation sites (N-methyl/N-ethyl adjacent to an activating group) is 1. The average molecular weight is 320 g/mol. The van der Waals surface area contributed by atoms with Gasteiger partial charge < -0.3 is 20.3 Å². The summed E-state index contributed by atoms with van der Waals surface area (Å²) in [4.78, 5) is 2.46. The summed E-state index contributed by atoms with van der Waals surface area (Å²) in [7, 11) is 2.23. The molecular weight excluding hydrogens is 286 g/mol. The fourth-order valence-corrected chi connectivity index (χ4v) is 3.54. The molecule has 0 spiro atoms. The van der Waals surface area contributed by atoms with Crippen LogP contribution in [0.3, 0.4) is 0 Å². The van der Waals surface area contributed by atoms with Crippen molar-refractivity contribution < 1.29 is 4.74 Å². The molecule has 0 aromatic rings. The highest BCUT2D eigenvalue weighted by molar-refractivity contribution is 5.85. The number of ether oxygens (including phenoxy) is 1. The average Bonchev–Trinajstić information content (AvgIpc) is 2.95. The highest BCUT2D eigenvalue weighted by Crippen LogP contribution is 2.29. The van der Waals surface area contributed by atoms with E-state index in [9.17, 15) is 0 Å². The third-order valence-electron chi connectivity index (χ3n) is 5.25. The van der Waals surface area contributed by atoms with Crippen molar-refractivity contribution in [1.82, 2.24) is 15.5 Å². The van der Waals surface area contributed by atoms with Crippen LogP contribution in [0.2, 0.25) is 0 Å². The van der Waals surface area contributed by atoms with Gasteiger partial charge in [-0.05, 0) is 39.2 Å². The number of hydrogen-bond acceptors (Lipinski definition) is 4. The molecule has 2 N–H and O–H groups in total. The molecule has 4 nitrogen and oxygen atoms in total. The van der Waals surface area contributed by atoms with Crippen molar-refractivity contribution >= 4 is 12.4 Å². The smallest absolute Gasteiger partial charge is 0.0623 e. The Morgan fingerprint density at radius 3 is 2.86 bits per heavy atom. The molecule has 0 bridgehead atoms. The molecule has 2 fully saturated rings. The van der Waals surface area contributed by atoms with Crippen molar-refractivity contribution in [2.24, 2.45) is 5.92 Å². The van der Waals surface area contributed by atoms with E-state index in [1.54, 1.807) is 0 Å². The number of halogens is 1. The van der Waals surface area contributed by atoms with Crippen LogP contribution >= 0.6 is 12.4 Å². The molecule has 1 aliphatic carbocycles. The molecule has 21 heavy (non-hydrogen) atoms. The van der Waals surface area contributed by atoms with Crippen LogP contribution in [0.25, 0.3) is 0 Å². The molecule has 1 aliphatic heterocycles. The van der Waals surface area contributed by atoms with Crippen molar-refractivity contribution in [3.63, 3.8) is 0 Å². The van der Waals surface area contributed by atoms with E-state index < -0.39 is 0 Å². The number of rotatable bonds is 7. The van der Waals surface area contributed by atoms with Crippen LogP contribution in [0, 0.1) is 5.92 Å². The molecule has 4 atom stereocenters. The predicted octanol–water partition coefficient (Wildman–Crippen LogP) is 1.89. The first kappa shape index (κ1) is 19.2. The van der Waals surface area contributed by atoms with Gasteiger partial charge in [0.25, 0.3) is 0 Å². The topological polar surface area (TPSA) is 36.5 Å². The highest BCUT2D eigenvalue weighted by atomic mass is 35.5. The lowest BCUT2D eigenvalue weighted by Gasteiger charge is -2.33. The molecule has 5 heteroatoms. The summed E-state index contributed by atoms with van der Waals surface area (Å²) in [5, 5.41) is 7.44. The minimum atomic E-state index is 0. The number of hydrogen-bond donors (Lipinski definition) is 2. The van der Waals surface area contributed by atoms with Gasteiger partial charge in [0.2, 0.25) is 0 Å². The van der Waals surface area contributed by atoms with Crippen LogP contribution in [0.15, 0.2) is 0 Å². The maximum absolute atomic E-state index is 5.63. The van der Waals surface area contributed by atoms with E-state index >= 15 is 0 Å². The van der Waals surface area contributed by atoms with E-state index in [1.807, 2.05) is 0 Å². The predicted molar refractivity (Wildman–Crippen MR) is 91.4 cm³/mol. The second-order valence-corrected chi connectivity index (χ2v) is 6.53. The molecule has 1 saturated carbocycles. The first-order valence-electron chi connectivity index (χ1n) is 8.47. The Kier molecular flexibility index (Phi) is 9.14. The third kappa shape index (κ3) is 5.68. The maximum atomic E-state index is 5.63. The third-order valence-corrected chi connectivity index (χ3v) is 5.25. The molecule has 2 aliphatic rings. The highest BCUT2D eigenvalue weighted by Gasteiger charge is 2.34. The fraction of sp³-hybridized carbons (Fsp3) is 1.00. The van der Waals surface area contributed by atoms with Crippen LogP contribution in [-0.4, -0.2) is 62.9 Å². The Hall–Kier alpha value is 0.130. The van der Waals surface area contributed by atoms with Crippen LogP contribution in [0.4, 0.5) is 0 Å². The van der Waals surface area contributed by atoms with E-state index in [0.29, 0.717) is 18.1 Å². The summed E-state index contributed by atoms with van der Waals surface area (Å²) in [6, 6.07) is 1.93. The van der Waals surface area contributed by atoms with Crippen molar-refractivity contribution in [3.05, 3.63) is 0 Å². The molecule has 0 aromatic heterocycles. The summed E-state index contributed by atoms with van der Waals surface area (Å²) in [5.41, 5.74) is 0. The zero-order valence-corrected chi connectivity index (χ0v) is 14.8. The fourth-order valence-electron chi connectivity index (χ4n) is 3.54. The summed E-state index contributed by atoms with van der Waals surface area (Å²) in [5.74, 6) is 0.754. The Morgan fingerprint density at radius 2 is 2.19 bits per heavy atom. The standard InChI is InChI=1S/C16H33N3O.ClH/c1-4-13(2)19(3)10-8-17-15-7-5-6-14(15)16-12-20-11-9-18-16;/h13-18H,4-12H2,1-3H3;1H. The Bertz CT molecular complexity index is 274. The van der Waals surface area contributed by atoms with E-state index in [4.69, 9.17) is 4.74 Å². The van der Waals surface area contributed by atoms with Crippen LogP contribution in [-0.2, 0) is 4.74 Å². The zero-order valence-electron chi connectivity index (χ0n) is 13.9. The van der Waals surface area contributed by atoms with Gasteiger partial charge in [-0.25, -0.2) is 0 Å². The molecule has 0 aromatic carbocycles. The number of nitrogens with one attached hydrogen (secondary N) is 2. The lowest BCUT2D eigenvalue weighted by molar-refractivity contribution is 0.0523. The van der Waals surface area contributed by atoms with Gasteiger partial charge >= 0.3 is 0 Å². The van der Waals surface area contributed by atoms with E-state index in [-0.39, 0.29) is 12.4 Å². The molecular formula is C16H34ClN3O. The molecule has 0 radical (unpaired) electrons. The van der Waals surface area contributed by atoms with Gasteiger partial charge in [-0.15, -0.1) is 12.4 Å². The number of nitrogens with zero attached hydrogens (tertiary/aromatic N) is 1. The van der Waals surface area contributed by atoms with Crippen molar-refractivity contribution in [3.8, 4) is 0 Å². The summed E-state index contributed by atoms with van der Waals surface area (Å²) in [6.45, 7) is 9.61. The van der Waals surface area contributed by atoms with Gasteiger partial charge in [0.15, 0.2) is 0 Å². The minimum Gasteiger partial charge on any atom is -0.379 e. The lowest BCUT2D eigenvalue weighted by atomic mass is 9.94. The van der Waals surface area contributed by atoms with E-state index in [0.717, 1.165) is 38.8 Å². The second kappa shape index (κ2) is 10.0. The van der Waals surface area contributed by atoms with Crippen LogP contribution in [0.1, 0.15) is 39.5 Å². The number of morpholine rings is 1. The first-order valence-corrected chi connectivity index (χ1v) is 8.47. The van der Waals surface area contributed by atoms with Crippen LogP contribution < -0.4 is 10.6 Å². The SMILES string of the molecule is CCC(C)N(C)CCNC1CCCC1C1COCCN1.Cl. The maximum Gasteiger partial charge on any atom is 0.0623 e. The van der Waals surface area contributed by atoms with E-state index in [1.165, 1.54) is 25.7 Å². The molecule has 4 unspecified atom stereocenters. The first-order chi connectivity index (χ1) is 9.72. The molecule has 0 amide bonds. The lowest BCUT2D eigenvalue weighted by Crippen LogP contribution is -2.51. The monoisotopic (exact) mass is 319 g/mol. The second-order valence-electron chi connectivity index (χ2n) is 6.53. The van der Waals surface area contributed by atoms with Crippen LogP contribution in [0.5, 0.6) is 0 Å². The quantitative estimate of drug-likeness (QED) is 0.751. The molecule has 1 saturated heterocycles. The Labute approximate surface area is 136 Å². The van der Waals surface area contributed by atoms with Crippen molar-refractivity contribution in [2.75, 3.05) is 39.9 Å². The van der Waals surface area contributed by atoms with Crippen molar-refractivity contribution in [2.45, 2.75) is 57.7 Å². The summed E-state index contributed by atoms with van der Waals surface area (Å²) >= 11 is 0. The van der Waals surface area contributed by atoms with Gasteiger partial charge in [0.1, 0.15) is 0 Å². The molecule has 2 rings (SSSR count). The summed E-state index contributed by atoms with van der Waals surface area (Å²) in [6.07, 6.45) is 5.27. The van der Waals surface area contributed by atoms with Gasteiger partial charge in [0, 0.05) is 37.8 Å². The largest absolute Gasteiger partial charge is 0.379 e. The Balaban J connectivity index is 0.00000220.